The van der Waals surface area contributed by atoms with Gasteiger partial charge in [0.15, 0.2) is 11.5 Å². The number of hydrazine groups is 1. The summed E-state index contributed by atoms with van der Waals surface area (Å²) in [5.74, 6) is 6.44. The van der Waals surface area contributed by atoms with Crippen LogP contribution < -0.4 is 20.7 Å². The van der Waals surface area contributed by atoms with Crippen LogP contribution in [0.3, 0.4) is 0 Å². The molecule has 1 amide bonds. The van der Waals surface area contributed by atoms with Crippen LogP contribution >= 0.6 is 0 Å². The van der Waals surface area contributed by atoms with Crippen molar-refractivity contribution >= 4 is 16.9 Å². The number of rotatable bonds is 3. The van der Waals surface area contributed by atoms with Gasteiger partial charge in [0.1, 0.15) is 5.65 Å². The molecule has 144 valence electrons. The number of pyridine rings is 1. The zero-order valence-electron chi connectivity index (χ0n) is 15.7. The molecule has 4 aromatic rings. The molecule has 2 aromatic heterocycles. The number of aryl methyl sites for hydroxylation is 1. The minimum absolute atomic E-state index is 0.197. The van der Waals surface area contributed by atoms with Crippen LogP contribution in [-0.4, -0.2) is 22.3 Å². The zero-order valence-corrected chi connectivity index (χ0v) is 15.7. The second kappa shape index (κ2) is 6.65. The number of benzene rings is 2. The first-order valence-corrected chi connectivity index (χ1v) is 9.15. The van der Waals surface area contributed by atoms with Crippen molar-refractivity contribution in [2.45, 2.75) is 6.92 Å². The third kappa shape index (κ3) is 2.79. The van der Waals surface area contributed by atoms with Gasteiger partial charge in [-0.2, -0.15) is 0 Å². The average molecular weight is 386 g/mol. The Kier molecular flexibility index (Phi) is 3.96. The number of nitrogen functional groups attached to an aromatic ring is 1. The summed E-state index contributed by atoms with van der Waals surface area (Å²) in [5, 5.41) is 0.765. The van der Waals surface area contributed by atoms with Crippen molar-refractivity contribution in [3.63, 3.8) is 0 Å². The summed E-state index contributed by atoms with van der Waals surface area (Å²) in [6, 6.07) is 17.2. The Morgan fingerprint density at radius 3 is 2.69 bits per heavy atom. The summed E-state index contributed by atoms with van der Waals surface area (Å²) in [7, 11) is 0. The molecule has 0 spiro atoms. The second-order valence-corrected chi connectivity index (χ2v) is 6.81. The largest absolute Gasteiger partial charge is 0.454 e. The highest BCUT2D eigenvalue weighted by atomic mass is 16.7. The molecule has 0 saturated carbocycles. The van der Waals surface area contributed by atoms with Gasteiger partial charge in [0, 0.05) is 22.8 Å². The van der Waals surface area contributed by atoms with Crippen LogP contribution in [0.15, 0.2) is 60.8 Å². The molecule has 0 fully saturated rings. The van der Waals surface area contributed by atoms with Gasteiger partial charge in [0.05, 0.1) is 11.3 Å². The van der Waals surface area contributed by atoms with Crippen molar-refractivity contribution in [3.8, 4) is 28.4 Å². The van der Waals surface area contributed by atoms with Crippen LogP contribution in [0.4, 0.5) is 0 Å². The van der Waals surface area contributed by atoms with E-state index in [0.717, 1.165) is 22.2 Å². The predicted octanol–water partition coefficient (Wildman–Crippen LogP) is 3.33. The highest BCUT2D eigenvalue weighted by Crippen LogP contribution is 2.37. The lowest BCUT2D eigenvalue weighted by Gasteiger charge is -2.10. The van der Waals surface area contributed by atoms with Gasteiger partial charge in [-0.3, -0.25) is 10.2 Å². The lowest BCUT2D eigenvalue weighted by Crippen LogP contribution is -2.30. The third-order valence-corrected chi connectivity index (χ3v) is 5.02. The predicted molar refractivity (Wildman–Crippen MR) is 109 cm³/mol. The monoisotopic (exact) mass is 386 g/mol. The maximum Gasteiger partial charge on any atom is 0.266 e. The minimum atomic E-state index is -0.367. The maximum absolute atomic E-state index is 12.6. The number of nitrogens with one attached hydrogen (secondary N) is 1. The van der Waals surface area contributed by atoms with Gasteiger partial charge in [0.2, 0.25) is 6.79 Å². The Hall–Kier alpha value is -3.84. The molecule has 1 aliphatic heterocycles. The number of hydrogen-bond donors (Lipinski definition) is 2. The SMILES string of the molecule is Cc1cn(-c2ccccc2)c2nc(-c3ccc4c(c3)OCO4)cc(C(=O)NN)c12. The van der Waals surface area contributed by atoms with Crippen LogP contribution in [0.5, 0.6) is 11.5 Å². The fourth-order valence-electron chi connectivity index (χ4n) is 3.66. The summed E-state index contributed by atoms with van der Waals surface area (Å²) >= 11 is 0. The van der Waals surface area contributed by atoms with Crippen molar-refractivity contribution in [1.82, 2.24) is 15.0 Å². The summed E-state index contributed by atoms with van der Waals surface area (Å²) < 4.78 is 12.9. The first-order chi connectivity index (χ1) is 14.2. The number of nitrogens with two attached hydrogens (primary N) is 1. The summed E-state index contributed by atoms with van der Waals surface area (Å²) in [6.45, 7) is 2.15. The Morgan fingerprint density at radius 2 is 1.90 bits per heavy atom. The molecule has 0 atom stereocenters. The number of carbonyl (C=O) groups is 1. The molecular weight excluding hydrogens is 368 g/mol. The highest BCUT2D eigenvalue weighted by Gasteiger charge is 2.21. The molecule has 5 rings (SSSR count). The van der Waals surface area contributed by atoms with Crippen molar-refractivity contribution in [1.29, 1.82) is 0 Å². The molecule has 29 heavy (non-hydrogen) atoms. The summed E-state index contributed by atoms with van der Waals surface area (Å²) in [4.78, 5) is 17.5. The normalized spacial score (nSPS) is 12.3. The van der Waals surface area contributed by atoms with Gasteiger partial charge < -0.3 is 14.0 Å². The van der Waals surface area contributed by atoms with E-state index in [1.54, 1.807) is 6.07 Å². The van der Waals surface area contributed by atoms with Crippen molar-refractivity contribution in [3.05, 3.63) is 71.9 Å². The second-order valence-electron chi connectivity index (χ2n) is 6.81. The van der Waals surface area contributed by atoms with Crippen molar-refractivity contribution in [2.24, 2.45) is 5.84 Å². The van der Waals surface area contributed by atoms with Gasteiger partial charge in [-0.25, -0.2) is 10.8 Å². The Balaban J connectivity index is 1.78. The Bertz CT molecular complexity index is 1250. The lowest BCUT2D eigenvalue weighted by atomic mass is 10.0. The number of fused-ring (bicyclic) bond motifs is 2. The molecule has 0 bridgehead atoms. The van der Waals surface area contributed by atoms with E-state index in [0.29, 0.717) is 28.4 Å². The van der Waals surface area contributed by atoms with Gasteiger partial charge in [-0.1, -0.05) is 18.2 Å². The number of ether oxygens (including phenoxy) is 2. The van der Waals surface area contributed by atoms with Gasteiger partial charge in [-0.05, 0) is 48.9 Å². The molecule has 3 heterocycles. The number of aromatic nitrogens is 2. The van der Waals surface area contributed by atoms with Crippen LogP contribution in [0.1, 0.15) is 15.9 Å². The molecule has 7 heteroatoms. The fraction of sp³-hybridized carbons (Fsp3) is 0.0909. The number of carbonyl (C=O) groups excluding carboxylic acids is 1. The van der Waals surface area contributed by atoms with E-state index in [1.165, 1.54) is 0 Å². The van der Waals surface area contributed by atoms with E-state index in [2.05, 4.69) is 5.43 Å². The molecule has 0 unspecified atom stereocenters. The van der Waals surface area contributed by atoms with Crippen LogP contribution in [0.2, 0.25) is 0 Å². The zero-order chi connectivity index (χ0) is 20.0. The van der Waals surface area contributed by atoms with Gasteiger partial charge in [0.25, 0.3) is 5.91 Å². The van der Waals surface area contributed by atoms with E-state index in [-0.39, 0.29) is 12.7 Å². The lowest BCUT2D eigenvalue weighted by molar-refractivity contribution is 0.0955. The van der Waals surface area contributed by atoms with Crippen LogP contribution in [0.25, 0.3) is 28.0 Å². The maximum atomic E-state index is 12.6. The molecule has 3 N–H and O–H groups in total. The quantitative estimate of drug-likeness (QED) is 0.320. The topological polar surface area (TPSA) is 91.4 Å². The molecule has 1 aliphatic rings. The molecule has 0 radical (unpaired) electrons. The average Bonchev–Trinajstić information content (AvgIpc) is 3.37. The number of hydrogen-bond acceptors (Lipinski definition) is 5. The molecule has 0 saturated heterocycles. The van der Waals surface area contributed by atoms with Gasteiger partial charge >= 0.3 is 0 Å². The minimum Gasteiger partial charge on any atom is -0.454 e. The van der Waals surface area contributed by atoms with E-state index >= 15 is 0 Å². The van der Waals surface area contributed by atoms with Crippen LogP contribution in [0, 0.1) is 6.92 Å². The van der Waals surface area contributed by atoms with Crippen molar-refractivity contribution < 1.29 is 14.3 Å². The fourth-order valence-corrected chi connectivity index (χ4v) is 3.66. The van der Waals surface area contributed by atoms with Crippen molar-refractivity contribution in [2.75, 3.05) is 6.79 Å². The van der Waals surface area contributed by atoms with Crippen LogP contribution in [-0.2, 0) is 0 Å². The molecular formula is C22H18N4O3. The number of nitrogens with zero attached hydrogens (tertiary/aromatic N) is 2. The Morgan fingerprint density at radius 1 is 1.10 bits per heavy atom. The summed E-state index contributed by atoms with van der Waals surface area (Å²) in [5.41, 5.74) is 6.76. The van der Waals surface area contributed by atoms with E-state index in [1.807, 2.05) is 66.2 Å². The first-order valence-electron chi connectivity index (χ1n) is 9.15. The third-order valence-electron chi connectivity index (χ3n) is 5.02. The smallest absolute Gasteiger partial charge is 0.266 e. The molecule has 2 aromatic carbocycles. The molecule has 7 nitrogen and oxygen atoms in total. The summed E-state index contributed by atoms with van der Waals surface area (Å²) in [6.07, 6.45) is 1.98. The number of amides is 1. The highest BCUT2D eigenvalue weighted by molar-refractivity contribution is 6.08. The molecule has 0 aliphatic carbocycles. The van der Waals surface area contributed by atoms with E-state index < -0.39 is 0 Å². The van der Waals surface area contributed by atoms with Gasteiger partial charge in [-0.15, -0.1) is 0 Å². The standard InChI is InChI=1S/C22H18N4O3/c1-13-11-26(15-5-3-2-4-6-15)21-20(13)16(22(27)25-23)10-17(24-21)14-7-8-18-19(9-14)29-12-28-18/h2-11H,12,23H2,1H3,(H,25,27). The number of para-hydroxylation sites is 1. The van der Waals surface area contributed by atoms with E-state index in [4.69, 9.17) is 20.3 Å². The van der Waals surface area contributed by atoms with E-state index in [9.17, 15) is 4.79 Å². The first kappa shape index (κ1) is 17.3. The Labute approximate surface area is 166 Å².